The van der Waals surface area contributed by atoms with E-state index in [9.17, 15) is 5.11 Å². The third kappa shape index (κ3) is 5.68. The predicted molar refractivity (Wildman–Crippen MR) is 99.2 cm³/mol. The van der Waals surface area contributed by atoms with Crippen molar-refractivity contribution in [1.82, 2.24) is 9.80 Å². The maximum absolute atomic E-state index is 10.3. The molecule has 0 radical (unpaired) electrons. The van der Waals surface area contributed by atoms with Crippen LogP contribution in [0.1, 0.15) is 17.5 Å². The monoisotopic (exact) mass is 348 g/mol. The molecule has 2 aliphatic rings. The van der Waals surface area contributed by atoms with Crippen molar-refractivity contribution in [3.8, 4) is 5.75 Å². The van der Waals surface area contributed by atoms with Crippen molar-refractivity contribution in [3.63, 3.8) is 0 Å². The van der Waals surface area contributed by atoms with E-state index in [1.807, 2.05) is 19.1 Å². The lowest BCUT2D eigenvalue weighted by Gasteiger charge is -2.29. The number of aryl methyl sites for hydroxylation is 2. The van der Waals surface area contributed by atoms with E-state index in [0.717, 1.165) is 57.3 Å². The van der Waals surface area contributed by atoms with Crippen LogP contribution in [0.5, 0.6) is 5.75 Å². The molecule has 2 saturated heterocycles. The van der Waals surface area contributed by atoms with E-state index in [4.69, 9.17) is 9.47 Å². The number of hydrogen-bond donors (Lipinski definition) is 1. The number of benzene rings is 1. The summed E-state index contributed by atoms with van der Waals surface area (Å²) in [5, 5.41) is 10.3. The van der Waals surface area contributed by atoms with Gasteiger partial charge in [-0.15, -0.1) is 0 Å². The number of morpholine rings is 1. The molecule has 2 unspecified atom stereocenters. The molecule has 2 atom stereocenters. The largest absolute Gasteiger partial charge is 0.491 e. The number of β-amino-alcohol motifs (C(OH)–C–C–N with tert-alkyl or cyclic N) is 1. The smallest absolute Gasteiger partial charge is 0.122 e. The average Bonchev–Trinajstić information content (AvgIpc) is 3.02. The SMILES string of the molecule is Cc1ccc(OCC(O)CN2CCC(CN3CCOCC3)C2)c(C)c1. The first-order valence-corrected chi connectivity index (χ1v) is 9.50. The van der Waals surface area contributed by atoms with E-state index >= 15 is 0 Å². The average molecular weight is 348 g/mol. The summed E-state index contributed by atoms with van der Waals surface area (Å²) in [6.45, 7) is 12.3. The molecule has 1 aromatic rings. The van der Waals surface area contributed by atoms with Gasteiger partial charge in [0, 0.05) is 32.7 Å². The fourth-order valence-electron chi connectivity index (χ4n) is 3.87. The van der Waals surface area contributed by atoms with E-state index in [1.54, 1.807) is 0 Å². The first-order chi connectivity index (χ1) is 12.1. The van der Waals surface area contributed by atoms with Gasteiger partial charge in [0.1, 0.15) is 18.5 Å². The highest BCUT2D eigenvalue weighted by Gasteiger charge is 2.26. The van der Waals surface area contributed by atoms with Gasteiger partial charge in [-0.3, -0.25) is 4.90 Å². The Balaban J connectivity index is 1.37. The molecule has 3 rings (SSSR count). The van der Waals surface area contributed by atoms with Crippen LogP contribution in [0.3, 0.4) is 0 Å². The molecule has 5 heteroatoms. The van der Waals surface area contributed by atoms with E-state index in [-0.39, 0.29) is 0 Å². The highest BCUT2D eigenvalue weighted by molar-refractivity contribution is 5.35. The Hall–Kier alpha value is -1.14. The van der Waals surface area contributed by atoms with Gasteiger partial charge in [-0.1, -0.05) is 17.7 Å². The highest BCUT2D eigenvalue weighted by Crippen LogP contribution is 2.20. The lowest BCUT2D eigenvalue weighted by atomic mass is 10.1. The Bertz CT molecular complexity index is 546. The van der Waals surface area contributed by atoms with Crippen LogP contribution in [0, 0.1) is 19.8 Å². The van der Waals surface area contributed by atoms with Crippen LogP contribution in [0.4, 0.5) is 0 Å². The van der Waals surface area contributed by atoms with Gasteiger partial charge in [-0.2, -0.15) is 0 Å². The summed E-state index contributed by atoms with van der Waals surface area (Å²) in [4.78, 5) is 4.89. The van der Waals surface area contributed by atoms with Gasteiger partial charge in [-0.25, -0.2) is 0 Å². The molecular weight excluding hydrogens is 316 g/mol. The quantitative estimate of drug-likeness (QED) is 0.813. The molecule has 1 aromatic carbocycles. The highest BCUT2D eigenvalue weighted by atomic mass is 16.5. The summed E-state index contributed by atoms with van der Waals surface area (Å²) in [5.41, 5.74) is 2.35. The van der Waals surface area contributed by atoms with Gasteiger partial charge in [0.05, 0.1) is 13.2 Å². The summed E-state index contributed by atoms with van der Waals surface area (Å²) < 4.78 is 11.2. The minimum Gasteiger partial charge on any atom is -0.491 e. The second-order valence-corrected chi connectivity index (χ2v) is 7.56. The molecule has 1 N–H and O–H groups in total. The number of likely N-dealkylation sites (tertiary alicyclic amines) is 1. The molecule has 5 nitrogen and oxygen atoms in total. The molecule has 0 bridgehead atoms. The van der Waals surface area contributed by atoms with Crippen LogP contribution in [0.2, 0.25) is 0 Å². The molecule has 0 amide bonds. The van der Waals surface area contributed by atoms with Gasteiger partial charge >= 0.3 is 0 Å². The van der Waals surface area contributed by atoms with E-state index in [2.05, 4.69) is 22.8 Å². The second-order valence-electron chi connectivity index (χ2n) is 7.56. The molecule has 0 aromatic heterocycles. The van der Waals surface area contributed by atoms with Gasteiger partial charge in [0.15, 0.2) is 0 Å². The maximum Gasteiger partial charge on any atom is 0.122 e. The second kappa shape index (κ2) is 8.99. The normalized spacial score (nSPS) is 23.7. The van der Waals surface area contributed by atoms with E-state index in [0.29, 0.717) is 19.1 Å². The van der Waals surface area contributed by atoms with Crippen LogP contribution < -0.4 is 4.74 Å². The van der Waals surface area contributed by atoms with Crippen LogP contribution >= 0.6 is 0 Å². The Morgan fingerprint density at radius 1 is 1.20 bits per heavy atom. The van der Waals surface area contributed by atoms with Gasteiger partial charge in [-0.05, 0) is 44.4 Å². The molecule has 2 heterocycles. The zero-order valence-corrected chi connectivity index (χ0v) is 15.6. The standard InChI is InChI=1S/C20H32N2O3/c1-16-3-4-20(17(2)11-16)25-15-19(23)14-22-6-5-18(13-22)12-21-7-9-24-10-8-21/h3-4,11,18-19,23H,5-10,12-15H2,1-2H3. The Morgan fingerprint density at radius 2 is 2.00 bits per heavy atom. The first-order valence-electron chi connectivity index (χ1n) is 9.50. The fourth-order valence-corrected chi connectivity index (χ4v) is 3.87. The maximum atomic E-state index is 10.3. The summed E-state index contributed by atoms with van der Waals surface area (Å²) in [6, 6.07) is 6.15. The number of hydrogen-bond acceptors (Lipinski definition) is 5. The van der Waals surface area contributed by atoms with Crippen molar-refractivity contribution in [2.75, 3.05) is 59.1 Å². The van der Waals surface area contributed by atoms with Crippen molar-refractivity contribution in [1.29, 1.82) is 0 Å². The van der Waals surface area contributed by atoms with E-state index < -0.39 is 6.10 Å². The molecule has 0 spiro atoms. The summed E-state index contributed by atoms with van der Waals surface area (Å²) in [6.07, 6.45) is 0.782. The topological polar surface area (TPSA) is 45.2 Å². The van der Waals surface area contributed by atoms with Gasteiger partial charge in [0.25, 0.3) is 0 Å². The van der Waals surface area contributed by atoms with Crippen molar-refractivity contribution in [2.45, 2.75) is 26.4 Å². The van der Waals surface area contributed by atoms with Crippen LogP contribution in [-0.2, 0) is 4.74 Å². The van der Waals surface area contributed by atoms with Gasteiger partial charge in [0.2, 0.25) is 0 Å². The number of rotatable bonds is 7. The molecule has 2 fully saturated rings. The number of aliphatic hydroxyl groups is 1. The fraction of sp³-hybridized carbons (Fsp3) is 0.700. The lowest BCUT2D eigenvalue weighted by molar-refractivity contribution is 0.0304. The van der Waals surface area contributed by atoms with Crippen molar-refractivity contribution < 1.29 is 14.6 Å². The summed E-state index contributed by atoms with van der Waals surface area (Å²) >= 11 is 0. The minimum atomic E-state index is -0.442. The first kappa shape index (κ1) is 18.6. The Morgan fingerprint density at radius 3 is 2.76 bits per heavy atom. The molecule has 0 aliphatic carbocycles. The van der Waals surface area contributed by atoms with Crippen LogP contribution in [0.25, 0.3) is 0 Å². The molecule has 2 aliphatic heterocycles. The van der Waals surface area contributed by atoms with E-state index in [1.165, 1.54) is 12.0 Å². The Kier molecular flexibility index (Phi) is 6.70. The zero-order chi connectivity index (χ0) is 17.6. The molecule has 25 heavy (non-hydrogen) atoms. The van der Waals surface area contributed by atoms with Gasteiger partial charge < -0.3 is 19.5 Å². The number of aliphatic hydroxyl groups excluding tert-OH is 1. The Labute approximate surface area is 151 Å². The van der Waals surface area contributed by atoms with Crippen molar-refractivity contribution in [3.05, 3.63) is 29.3 Å². The minimum absolute atomic E-state index is 0.356. The summed E-state index contributed by atoms with van der Waals surface area (Å²) in [7, 11) is 0. The molecule has 140 valence electrons. The van der Waals surface area contributed by atoms with Crippen molar-refractivity contribution >= 4 is 0 Å². The third-order valence-corrected chi connectivity index (χ3v) is 5.22. The van der Waals surface area contributed by atoms with Crippen LogP contribution in [0.15, 0.2) is 18.2 Å². The summed E-state index contributed by atoms with van der Waals surface area (Å²) in [5.74, 6) is 1.59. The van der Waals surface area contributed by atoms with Crippen molar-refractivity contribution in [2.24, 2.45) is 5.92 Å². The predicted octanol–water partition coefficient (Wildman–Crippen LogP) is 1.70. The van der Waals surface area contributed by atoms with Crippen LogP contribution in [-0.4, -0.2) is 80.1 Å². The number of ether oxygens (including phenoxy) is 2. The third-order valence-electron chi connectivity index (χ3n) is 5.22. The molecular formula is C20H32N2O3. The lowest BCUT2D eigenvalue weighted by Crippen LogP contribution is -2.40. The number of nitrogens with zero attached hydrogens (tertiary/aromatic N) is 2. The zero-order valence-electron chi connectivity index (χ0n) is 15.6. The molecule has 0 saturated carbocycles.